The Labute approximate surface area is 153 Å². The van der Waals surface area contributed by atoms with Crippen molar-refractivity contribution in [3.8, 4) is 0 Å². The molecule has 1 aliphatic carbocycles. The lowest BCUT2D eigenvalue weighted by molar-refractivity contribution is 0.0392. The number of fused-ring (bicyclic) bond motifs is 1. The van der Waals surface area contributed by atoms with Gasteiger partial charge in [-0.2, -0.15) is 0 Å². The van der Waals surface area contributed by atoms with Crippen LogP contribution in [0.4, 0.5) is 0 Å². The largest absolute Gasteiger partial charge is 0.373 e. The zero-order chi connectivity index (χ0) is 16.6. The highest BCUT2D eigenvalue weighted by Crippen LogP contribution is 2.49. The van der Waals surface area contributed by atoms with Crippen molar-refractivity contribution in [3.63, 3.8) is 0 Å². The number of halogens is 2. The summed E-state index contributed by atoms with van der Waals surface area (Å²) in [7, 11) is 0. The van der Waals surface area contributed by atoms with Crippen LogP contribution in [0.25, 0.3) is 0 Å². The van der Waals surface area contributed by atoms with Gasteiger partial charge in [-0.05, 0) is 48.6 Å². The van der Waals surface area contributed by atoms with Crippen molar-refractivity contribution in [2.24, 2.45) is 5.92 Å². The van der Waals surface area contributed by atoms with E-state index >= 15 is 0 Å². The molecule has 3 atom stereocenters. The van der Waals surface area contributed by atoms with Gasteiger partial charge < -0.3 is 10.1 Å². The first-order valence-corrected chi connectivity index (χ1v) is 9.25. The highest BCUT2D eigenvalue weighted by atomic mass is 35.5. The Hall–Kier alpha value is -1.06. The minimum atomic E-state index is 0.121. The third-order valence-electron chi connectivity index (χ3n) is 5.58. The second-order valence-electron chi connectivity index (χ2n) is 6.97. The van der Waals surface area contributed by atoms with E-state index in [1.165, 1.54) is 11.1 Å². The molecule has 0 spiro atoms. The average molecular weight is 362 g/mol. The number of hydrogen-bond donors (Lipinski definition) is 1. The van der Waals surface area contributed by atoms with Crippen molar-refractivity contribution in [3.05, 3.63) is 69.7 Å². The molecule has 1 heterocycles. The Balaban J connectivity index is 1.51. The Bertz CT molecular complexity index is 721. The molecule has 0 bridgehead atoms. The summed E-state index contributed by atoms with van der Waals surface area (Å²) in [5.41, 5.74) is 2.64. The third-order valence-corrected chi connectivity index (χ3v) is 6.31. The summed E-state index contributed by atoms with van der Waals surface area (Å²) in [6.45, 7) is 2.72. The van der Waals surface area contributed by atoms with Gasteiger partial charge in [0.05, 0.1) is 22.8 Å². The second-order valence-corrected chi connectivity index (χ2v) is 7.79. The van der Waals surface area contributed by atoms with Gasteiger partial charge in [-0.15, -0.1) is 0 Å². The number of benzene rings is 2. The first-order valence-electron chi connectivity index (χ1n) is 8.49. The topological polar surface area (TPSA) is 21.3 Å². The molecule has 24 heavy (non-hydrogen) atoms. The van der Waals surface area contributed by atoms with Crippen LogP contribution in [0, 0.1) is 5.92 Å². The van der Waals surface area contributed by atoms with Crippen LogP contribution in [0.5, 0.6) is 0 Å². The highest BCUT2D eigenvalue weighted by Gasteiger charge is 2.51. The van der Waals surface area contributed by atoms with Gasteiger partial charge in [0.25, 0.3) is 0 Å². The van der Waals surface area contributed by atoms with Crippen LogP contribution < -0.4 is 5.32 Å². The predicted octanol–water partition coefficient (Wildman–Crippen LogP) is 4.83. The number of hydrogen-bond acceptors (Lipinski definition) is 2. The Morgan fingerprint density at radius 1 is 1.08 bits per heavy atom. The molecule has 126 valence electrons. The van der Waals surface area contributed by atoms with Crippen molar-refractivity contribution in [2.75, 3.05) is 13.1 Å². The Morgan fingerprint density at radius 3 is 2.71 bits per heavy atom. The van der Waals surface area contributed by atoms with Gasteiger partial charge in [-0.1, -0.05) is 59.6 Å². The van der Waals surface area contributed by atoms with Gasteiger partial charge >= 0.3 is 0 Å². The smallest absolute Gasteiger partial charge is 0.0720 e. The molecular formula is C20H21Cl2NO. The molecule has 2 aliphatic rings. The fourth-order valence-corrected chi connectivity index (χ4v) is 4.64. The quantitative estimate of drug-likeness (QED) is 0.841. The maximum absolute atomic E-state index is 6.27. The molecule has 1 saturated carbocycles. The lowest BCUT2D eigenvalue weighted by Crippen LogP contribution is -2.31. The zero-order valence-electron chi connectivity index (χ0n) is 13.5. The molecule has 1 aliphatic heterocycles. The molecule has 2 fully saturated rings. The van der Waals surface area contributed by atoms with E-state index in [0.29, 0.717) is 28.7 Å². The maximum atomic E-state index is 6.27. The highest BCUT2D eigenvalue weighted by molar-refractivity contribution is 6.42. The van der Waals surface area contributed by atoms with Crippen molar-refractivity contribution < 1.29 is 4.74 Å². The van der Waals surface area contributed by atoms with Crippen molar-refractivity contribution in [2.45, 2.75) is 31.0 Å². The molecule has 0 amide bonds. The van der Waals surface area contributed by atoms with Crippen molar-refractivity contribution in [1.29, 1.82) is 0 Å². The monoisotopic (exact) mass is 361 g/mol. The minimum absolute atomic E-state index is 0.121. The van der Waals surface area contributed by atoms with Crippen LogP contribution in [0.3, 0.4) is 0 Å². The van der Waals surface area contributed by atoms with Crippen LogP contribution in [-0.4, -0.2) is 19.2 Å². The van der Waals surface area contributed by atoms with Crippen LogP contribution in [0.15, 0.2) is 48.5 Å². The van der Waals surface area contributed by atoms with Crippen LogP contribution in [0.2, 0.25) is 10.0 Å². The molecule has 1 saturated heterocycles. The SMILES string of the molecule is Clc1ccc(C23CNCC2CC(OCc2ccccc2)C3)cc1Cl. The summed E-state index contributed by atoms with van der Waals surface area (Å²) < 4.78 is 6.24. The lowest BCUT2D eigenvalue weighted by atomic mass is 9.74. The summed E-state index contributed by atoms with van der Waals surface area (Å²) in [5.74, 6) is 0.593. The fourth-order valence-electron chi connectivity index (χ4n) is 4.34. The van der Waals surface area contributed by atoms with Crippen LogP contribution in [-0.2, 0) is 16.8 Å². The molecule has 4 rings (SSSR count). The summed E-state index contributed by atoms with van der Waals surface area (Å²) >= 11 is 12.4. The lowest BCUT2D eigenvalue weighted by Gasteiger charge is -2.29. The van der Waals surface area contributed by atoms with Gasteiger partial charge in [0, 0.05) is 12.0 Å². The molecular weight excluding hydrogens is 341 g/mol. The summed E-state index contributed by atoms with van der Waals surface area (Å²) in [6.07, 6.45) is 2.43. The standard InChI is InChI=1S/C20H21Cl2NO/c21-18-7-6-15(9-19(18)22)20-10-17(8-16(20)11-23-13-20)24-12-14-4-2-1-3-5-14/h1-7,9,16-17,23H,8,10-13H2. The molecule has 2 aromatic rings. The van der Waals surface area contributed by atoms with E-state index < -0.39 is 0 Å². The predicted molar refractivity (Wildman–Crippen MR) is 98.8 cm³/mol. The van der Waals surface area contributed by atoms with Gasteiger partial charge in [0.1, 0.15) is 0 Å². The van der Waals surface area contributed by atoms with Crippen molar-refractivity contribution in [1.82, 2.24) is 5.32 Å². The van der Waals surface area contributed by atoms with Crippen LogP contribution in [0.1, 0.15) is 24.0 Å². The Morgan fingerprint density at radius 2 is 1.92 bits per heavy atom. The third kappa shape index (κ3) is 2.97. The molecule has 0 radical (unpaired) electrons. The van der Waals surface area contributed by atoms with Gasteiger partial charge in [0.15, 0.2) is 0 Å². The van der Waals surface area contributed by atoms with Gasteiger partial charge in [0.2, 0.25) is 0 Å². The van der Waals surface area contributed by atoms with E-state index in [2.05, 4.69) is 35.6 Å². The number of ether oxygens (including phenoxy) is 1. The summed E-state index contributed by atoms with van der Waals surface area (Å²) in [6, 6.07) is 16.5. The van der Waals surface area contributed by atoms with E-state index in [4.69, 9.17) is 27.9 Å². The maximum Gasteiger partial charge on any atom is 0.0720 e. The Kier molecular flexibility index (Phi) is 4.57. The minimum Gasteiger partial charge on any atom is -0.373 e. The molecule has 4 heteroatoms. The molecule has 2 nitrogen and oxygen atoms in total. The van der Waals surface area contributed by atoms with E-state index in [9.17, 15) is 0 Å². The average Bonchev–Trinajstić information content (AvgIpc) is 3.14. The van der Waals surface area contributed by atoms with E-state index in [1.54, 1.807) is 0 Å². The second kappa shape index (κ2) is 6.68. The van der Waals surface area contributed by atoms with E-state index in [1.807, 2.05) is 18.2 Å². The number of rotatable bonds is 4. The molecule has 0 aromatic heterocycles. The molecule has 3 unspecified atom stereocenters. The first kappa shape index (κ1) is 16.4. The zero-order valence-corrected chi connectivity index (χ0v) is 15.0. The first-order chi connectivity index (χ1) is 11.7. The molecule has 1 N–H and O–H groups in total. The van der Waals surface area contributed by atoms with Crippen molar-refractivity contribution >= 4 is 23.2 Å². The summed E-state index contributed by atoms with van der Waals surface area (Å²) in [4.78, 5) is 0. The van der Waals surface area contributed by atoms with E-state index in [0.717, 1.165) is 25.9 Å². The molecule has 2 aromatic carbocycles. The van der Waals surface area contributed by atoms with E-state index in [-0.39, 0.29) is 5.41 Å². The number of nitrogens with one attached hydrogen (secondary N) is 1. The fraction of sp³-hybridized carbons (Fsp3) is 0.400. The summed E-state index contributed by atoms with van der Waals surface area (Å²) in [5, 5.41) is 4.82. The normalized spacial score (nSPS) is 28.9. The van der Waals surface area contributed by atoms with Gasteiger partial charge in [-0.3, -0.25) is 0 Å². The van der Waals surface area contributed by atoms with Crippen LogP contribution >= 0.6 is 23.2 Å². The van der Waals surface area contributed by atoms with Gasteiger partial charge in [-0.25, -0.2) is 0 Å².